The van der Waals surface area contributed by atoms with Gasteiger partial charge in [-0.25, -0.2) is 0 Å². The van der Waals surface area contributed by atoms with Gasteiger partial charge in [0.1, 0.15) is 11.5 Å². The van der Waals surface area contributed by atoms with E-state index in [9.17, 15) is 0 Å². The van der Waals surface area contributed by atoms with Gasteiger partial charge in [-0.15, -0.1) is 22.7 Å². The largest absolute Gasteiger partial charge is 0.454 e. The Morgan fingerprint density at radius 2 is 1.26 bits per heavy atom. The van der Waals surface area contributed by atoms with Crippen molar-refractivity contribution in [3.63, 3.8) is 0 Å². The Morgan fingerprint density at radius 3 is 1.68 bits per heavy atom. The van der Waals surface area contributed by atoms with Gasteiger partial charge in [-0.05, 0) is 59.0 Å². The van der Waals surface area contributed by atoms with E-state index in [0.29, 0.717) is 0 Å². The fourth-order valence-corrected chi connectivity index (χ4v) is 4.16. The summed E-state index contributed by atoms with van der Waals surface area (Å²) in [5, 5.41) is 4.28. The van der Waals surface area contributed by atoms with Gasteiger partial charge in [-0.1, -0.05) is 13.8 Å². The van der Waals surface area contributed by atoms with Gasteiger partial charge in [-0.3, -0.25) is 0 Å². The number of rotatable bonds is 4. The highest BCUT2D eigenvalue weighted by molar-refractivity contribution is 7.14. The molecule has 0 bridgehead atoms. The summed E-state index contributed by atoms with van der Waals surface area (Å²) in [4.78, 5) is 2.53. The van der Waals surface area contributed by atoms with Crippen molar-refractivity contribution in [1.29, 1.82) is 0 Å². The second-order valence-electron chi connectivity index (χ2n) is 4.42. The lowest BCUT2D eigenvalue weighted by Gasteiger charge is -1.99. The summed E-state index contributed by atoms with van der Waals surface area (Å²) in [5.41, 5.74) is 2.74. The molecular weight excluding hydrogens is 272 g/mol. The first-order valence-corrected chi connectivity index (χ1v) is 8.32. The lowest BCUT2D eigenvalue weighted by Crippen LogP contribution is -1.78. The zero-order valence-corrected chi connectivity index (χ0v) is 12.7. The Morgan fingerprint density at radius 1 is 0.789 bits per heavy atom. The van der Waals surface area contributed by atoms with E-state index >= 15 is 0 Å². The molecule has 0 aliphatic carbocycles. The van der Waals surface area contributed by atoms with E-state index in [2.05, 4.69) is 48.9 Å². The van der Waals surface area contributed by atoms with E-state index in [1.54, 1.807) is 22.7 Å². The molecule has 0 saturated carbocycles. The molecule has 0 aliphatic heterocycles. The summed E-state index contributed by atoms with van der Waals surface area (Å²) in [7, 11) is 0. The summed E-state index contributed by atoms with van der Waals surface area (Å²) >= 11 is 3.51. The molecule has 1 nitrogen and oxygen atoms in total. The van der Waals surface area contributed by atoms with Crippen LogP contribution in [0.4, 0.5) is 0 Å². The van der Waals surface area contributed by atoms with Crippen molar-refractivity contribution in [2.75, 3.05) is 0 Å². The van der Waals surface area contributed by atoms with Crippen LogP contribution in [0.25, 0.3) is 21.3 Å². The molecule has 0 saturated heterocycles. The van der Waals surface area contributed by atoms with Crippen LogP contribution in [0.1, 0.15) is 25.0 Å². The van der Waals surface area contributed by atoms with Crippen LogP contribution in [0.2, 0.25) is 0 Å². The number of hydrogen-bond donors (Lipinski definition) is 0. The highest BCUT2D eigenvalue weighted by Gasteiger charge is 2.13. The van der Waals surface area contributed by atoms with Crippen molar-refractivity contribution in [3.8, 4) is 21.3 Å². The fourth-order valence-electron chi connectivity index (χ4n) is 2.24. The molecule has 0 atom stereocenters. The normalized spacial score (nSPS) is 11.1. The predicted molar refractivity (Wildman–Crippen MR) is 84.1 cm³/mol. The Balaban J connectivity index is 2.00. The van der Waals surface area contributed by atoms with Crippen LogP contribution in [0.15, 0.2) is 39.4 Å². The molecule has 3 aromatic heterocycles. The van der Waals surface area contributed by atoms with Gasteiger partial charge in [-0.2, -0.15) is 0 Å². The molecule has 3 rings (SSSR count). The lowest BCUT2D eigenvalue weighted by atomic mass is 10.2. The van der Waals surface area contributed by atoms with Crippen LogP contribution < -0.4 is 0 Å². The van der Waals surface area contributed by atoms with Gasteiger partial charge in [0.2, 0.25) is 0 Å². The van der Waals surface area contributed by atoms with Crippen LogP contribution in [-0.2, 0) is 12.8 Å². The van der Waals surface area contributed by atoms with Crippen LogP contribution in [0.5, 0.6) is 0 Å². The molecule has 3 heteroatoms. The summed E-state index contributed by atoms with van der Waals surface area (Å²) in [6, 6.07) is 8.56. The first kappa shape index (κ1) is 12.7. The second-order valence-corrected chi connectivity index (χ2v) is 6.25. The maximum atomic E-state index is 6.08. The minimum Gasteiger partial charge on any atom is -0.454 e. The summed E-state index contributed by atoms with van der Waals surface area (Å²) in [6.45, 7) is 4.37. The summed E-state index contributed by atoms with van der Waals surface area (Å²) in [6.07, 6.45) is 2.10. The number of hydrogen-bond acceptors (Lipinski definition) is 3. The standard InChI is InChI=1S/C16H16OS2/c1-3-11-7-9-18-15(11)13-5-6-14(17-13)16-12(4-2)8-10-19-16/h5-10H,3-4H2,1-2H3. The van der Waals surface area contributed by atoms with E-state index in [-0.39, 0.29) is 0 Å². The average Bonchev–Trinajstić information content (AvgIpc) is 3.16. The third-order valence-corrected chi connectivity index (χ3v) is 5.25. The number of aryl methyl sites for hydroxylation is 2. The van der Waals surface area contributed by atoms with Crippen molar-refractivity contribution in [2.24, 2.45) is 0 Å². The van der Waals surface area contributed by atoms with E-state index < -0.39 is 0 Å². The quantitative estimate of drug-likeness (QED) is 0.586. The van der Waals surface area contributed by atoms with Gasteiger partial charge in [0.25, 0.3) is 0 Å². The summed E-state index contributed by atoms with van der Waals surface area (Å²) < 4.78 is 6.08. The number of thiophene rings is 2. The van der Waals surface area contributed by atoms with E-state index in [1.807, 2.05) is 0 Å². The van der Waals surface area contributed by atoms with Crippen LogP contribution in [0, 0.1) is 0 Å². The minimum absolute atomic E-state index is 0.998. The molecule has 0 aromatic carbocycles. The molecule has 0 unspecified atom stereocenters. The zero-order chi connectivity index (χ0) is 13.2. The molecule has 0 radical (unpaired) electrons. The molecule has 0 N–H and O–H groups in total. The predicted octanol–water partition coefficient (Wildman–Crippen LogP) is 5.86. The van der Waals surface area contributed by atoms with E-state index in [0.717, 1.165) is 24.4 Å². The third-order valence-electron chi connectivity index (χ3n) is 3.31. The molecule has 3 heterocycles. The molecular formula is C16H16OS2. The molecule has 3 aromatic rings. The van der Waals surface area contributed by atoms with Gasteiger partial charge >= 0.3 is 0 Å². The minimum atomic E-state index is 0.998. The van der Waals surface area contributed by atoms with Crippen LogP contribution in [0.3, 0.4) is 0 Å². The average molecular weight is 288 g/mol. The van der Waals surface area contributed by atoms with E-state index in [1.165, 1.54) is 20.9 Å². The topological polar surface area (TPSA) is 13.1 Å². The Bertz CT molecular complexity index is 616. The van der Waals surface area contributed by atoms with Crippen molar-refractivity contribution in [1.82, 2.24) is 0 Å². The number of furan rings is 1. The first-order valence-electron chi connectivity index (χ1n) is 6.56. The van der Waals surface area contributed by atoms with Crippen molar-refractivity contribution in [3.05, 3.63) is 46.2 Å². The van der Waals surface area contributed by atoms with Gasteiger partial charge in [0.05, 0.1) is 9.75 Å². The Labute approximate surface area is 121 Å². The highest BCUT2D eigenvalue weighted by Crippen LogP contribution is 2.37. The van der Waals surface area contributed by atoms with Crippen molar-refractivity contribution in [2.45, 2.75) is 26.7 Å². The smallest absolute Gasteiger partial charge is 0.145 e. The van der Waals surface area contributed by atoms with Crippen molar-refractivity contribution >= 4 is 22.7 Å². The Hall–Kier alpha value is -1.32. The van der Waals surface area contributed by atoms with Crippen LogP contribution in [-0.4, -0.2) is 0 Å². The van der Waals surface area contributed by atoms with Gasteiger partial charge in [0, 0.05) is 0 Å². The van der Waals surface area contributed by atoms with Crippen LogP contribution >= 0.6 is 22.7 Å². The third kappa shape index (κ3) is 2.28. The molecule has 0 fully saturated rings. The molecule has 19 heavy (non-hydrogen) atoms. The monoisotopic (exact) mass is 288 g/mol. The second kappa shape index (κ2) is 5.35. The SMILES string of the molecule is CCc1ccsc1-c1ccc(-c2sccc2CC)o1. The lowest BCUT2D eigenvalue weighted by molar-refractivity contribution is 0.599. The molecule has 0 aliphatic rings. The van der Waals surface area contributed by atoms with Crippen molar-refractivity contribution < 1.29 is 4.42 Å². The maximum Gasteiger partial charge on any atom is 0.145 e. The Kier molecular flexibility index (Phi) is 3.58. The van der Waals surface area contributed by atoms with E-state index in [4.69, 9.17) is 4.42 Å². The first-order chi connectivity index (χ1) is 9.33. The molecule has 0 spiro atoms. The van der Waals surface area contributed by atoms with Gasteiger partial charge < -0.3 is 4.42 Å². The molecule has 98 valence electrons. The fraction of sp³-hybridized carbons (Fsp3) is 0.250. The molecule has 0 amide bonds. The zero-order valence-electron chi connectivity index (χ0n) is 11.1. The highest BCUT2D eigenvalue weighted by atomic mass is 32.1. The van der Waals surface area contributed by atoms with Gasteiger partial charge in [0.15, 0.2) is 0 Å². The maximum absolute atomic E-state index is 6.08. The summed E-state index contributed by atoms with van der Waals surface area (Å²) in [5.74, 6) is 2.00.